The summed E-state index contributed by atoms with van der Waals surface area (Å²) in [5.41, 5.74) is 1.04. The number of ketones is 1. The molecular weight excluding hydrogens is 216 g/mol. The minimum Gasteiger partial charge on any atom is -0.458 e. The van der Waals surface area contributed by atoms with Gasteiger partial charge in [0, 0.05) is 0 Å². The lowest BCUT2D eigenvalue weighted by Gasteiger charge is -2.07. The van der Waals surface area contributed by atoms with E-state index in [2.05, 4.69) is 0 Å². The zero-order valence-electron chi connectivity index (χ0n) is 10.1. The van der Waals surface area contributed by atoms with Crippen LogP contribution in [0.25, 0.3) is 6.08 Å². The fraction of sp³-hybridized carbons (Fsp3) is 0.286. The van der Waals surface area contributed by atoms with Crippen molar-refractivity contribution in [3.63, 3.8) is 0 Å². The van der Waals surface area contributed by atoms with Crippen molar-refractivity contribution in [2.24, 2.45) is 0 Å². The largest absolute Gasteiger partial charge is 0.458 e. The van der Waals surface area contributed by atoms with Crippen molar-refractivity contribution in [3.05, 3.63) is 42.0 Å². The normalized spacial score (nSPS) is 12.4. The molecule has 90 valence electrons. The molecular formula is C14H16O3. The molecule has 0 bridgehead atoms. The summed E-state index contributed by atoms with van der Waals surface area (Å²) < 4.78 is 5.04. The number of carbonyl (C=O) groups excluding carboxylic acids is 2. The lowest BCUT2D eigenvalue weighted by molar-refractivity contribution is -0.147. The number of hydrogen-bond donors (Lipinski definition) is 0. The summed E-state index contributed by atoms with van der Waals surface area (Å²) >= 11 is 0. The van der Waals surface area contributed by atoms with E-state index in [1.807, 2.05) is 36.4 Å². The summed E-state index contributed by atoms with van der Waals surface area (Å²) in [4.78, 5) is 21.9. The fourth-order valence-electron chi connectivity index (χ4n) is 1.30. The second-order valence-corrected chi connectivity index (χ2v) is 3.84. The summed E-state index contributed by atoms with van der Waals surface area (Å²) in [7, 11) is 0. The van der Waals surface area contributed by atoms with Gasteiger partial charge in [-0.15, -0.1) is 0 Å². The SMILES string of the molecule is CC(=O)CC(=O)OC(C)/C=C/c1ccccc1. The zero-order valence-corrected chi connectivity index (χ0v) is 10.1. The third-order valence-electron chi connectivity index (χ3n) is 2.07. The van der Waals surface area contributed by atoms with Crippen LogP contribution in [0.3, 0.4) is 0 Å². The molecule has 0 N–H and O–H groups in total. The van der Waals surface area contributed by atoms with E-state index in [0.717, 1.165) is 5.56 Å². The van der Waals surface area contributed by atoms with Crippen molar-refractivity contribution < 1.29 is 14.3 Å². The van der Waals surface area contributed by atoms with Gasteiger partial charge in [-0.25, -0.2) is 0 Å². The number of esters is 1. The highest BCUT2D eigenvalue weighted by Gasteiger charge is 2.08. The van der Waals surface area contributed by atoms with Gasteiger partial charge in [-0.2, -0.15) is 0 Å². The minimum atomic E-state index is -0.484. The lowest BCUT2D eigenvalue weighted by atomic mass is 10.2. The van der Waals surface area contributed by atoms with Gasteiger partial charge in [0.15, 0.2) is 0 Å². The van der Waals surface area contributed by atoms with Crippen LogP contribution in [-0.4, -0.2) is 17.9 Å². The first-order valence-corrected chi connectivity index (χ1v) is 5.50. The van der Waals surface area contributed by atoms with E-state index in [0.29, 0.717) is 0 Å². The first-order chi connectivity index (χ1) is 8.08. The van der Waals surface area contributed by atoms with Crippen molar-refractivity contribution in [3.8, 4) is 0 Å². The molecule has 0 aliphatic rings. The molecule has 1 unspecified atom stereocenters. The number of ether oxygens (including phenoxy) is 1. The van der Waals surface area contributed by atoms with Gasteiger partial charge in [0.25, 0.3) is 0 Å². The van der Waals surface area contributed by atoms with Crippen LogP contribution in [0.5, 0.6) is 0 Å². The molecule has 3 heteroatoms. The summed E-state index contributed by atoms with van der Waals surface area (Å²) in [6, 6.07) is 9.73. The Bertz CT molecular complexity index is 407. The summed E-state index contributed by atoms with van der Waals surface area (Å²) in [5, 5.41) is 0. The molecule has 1 aromatic carbocycles. The first-order valence-electron chi connectivity index (χ1n) is 5.50. The van der Waals surface area contributed by atoms with Crippen molar-refractivity contribution in [2.45, 2.75) is 26.4 Å². The summed E-state index contributed by atoms with van der Waals surface area (Å²) in [5.74, 6) is -0.669. The average Bonchev–Trinajstić information content (AvgIpc) is 2.26. The van der Waals surface area contributed by atoms with E-state index in [1.165, 1.54) is 6.92 Å². The van der Waals surface area contributed by atoms with Gasteiger partial charge in [0.2, 0.25) is 0 Å². The molecule has 17 heavy (non-hydrogen) atoms. The molecule has 0 aliphatic heterocycles. The number of Topliss-reactive ketones (excluding diaryl/α,β-unsaturated/α-hetero) is 1. The van der Waals surface area contributed by atoms with Crippen LogP contribution in [0.1, 0.15) is 25.8 Å². The van der Waals surface area contributed by atoms with Gasteiger partial charge >= 0.3 is 5.97 Å². The molecule has 0 fully saturated rings. The molecule has 0 aliphatic carbocycles. The third-order valence-corrected chi connectivity index (χ3v) is 2.07. The highest BCUT2D eigenvalue weighted by Crippen LogP contribution is 2.04. The van der Waals surface area contributed by atoms with Gasteiger partial charge < -0.3 is 4.74 Å². The average molecular weight is 232 g/mol. The molecule has 0 saturated heterocycles. The predicted molar refractivity (Wildman–Crippen MR) is 66.3 cm³/mol. The highest BCUT2D eigenvalue weighted by molar-refractivity contribution is 5.94. The Morgan fingerprint density at radius 1 is 1.29 bits per heavy atom. The Hall–Kier alpha value is -1.90. The second kappa shape index (κ2) is 6.63. The topological polar surface area (TPSA) is 43.4 Å². The Morgan fingerprint density at radius 2 is 1.94 bits per heavy atom. The van der Waals surface area contributed by atoms with Gasteiger partial charge in [-0.3, -0.25) is 9.59 Å². The van der Waals surface area contributed by atoms with E-state index in [1.54, 1.807) is 13.0 Å². The third kappa shape index (κ3) is 5.66. The van der Waals surface area contributed by atoms with Crippen LogP contribution in [0.4, 0.5) is 0 Å². The molecule has 1 aromatic rings. The summed E-state index contributed by atoms with van der Waals surface area (Å²) in [6.07, 6.45) is 3.17. The van der Waals surface area contributed by atoms with Crippen LogP contribution >= 0.6 is 0 Å². The maximum atomic E-state index is 11.2. The number of rotatable bonds is 5. The molecule has 1 atom stereocenters. The van der Waals surface area contributed by atoms with Crippen LogP contribution in [0.2, 0.25) is 0 Å². The quantitative estimate of drug-likeness (QED) is 0.579. The molecule has 0 radical (unpaired) electrons. The Morgan fingerprint density at radius 3 is 2.53 bits per heavy atom. The smallest absolute Gasteiger partial charge is 0.313 e. The lowest BCUT2D eigenvalue weighted by Crippen LogP contribution is -2.14. The van der Waals surface area contributed by atoms with E-state index < -0.39 is 5.97 Å². The minimum absolute atomic E-state index is 0.163. The first kappa shape index (κ1) is 13.2. The number of benzene rings is 1. The van der Waals surface area contributed by atoms with E-state index in [4.69, 9.17) is 4.74 Å². The van der Waals surface area contributed by atoms with Crippen molar-refractivity contribution >= 4 is 17.8 Å². The Labute approximate surface area is 101 Å². The van der Waals surface area contributed by atoms with Crippen LogP contribution in [0, 0.1) is 0 Å². The number of carbonyl (C=O) groups is 2. The van der Waals surface area contributed by atoms with Crippen molar-refractivity contribution in [1.82, 2.24) is 0 Å². The van der Waals surface area contributed by atoms with Crippen LogP contribution in [-0.2, 0) is 14.3 Å². The van der Waals surface area contributed by atoms with Gasteiger partial charge in [0.05, 0.1) is 0 Å². The van der Waals surface area contributed by atoms with Crippen molar-refractivity contribution in [2.75, 3.05) is 0 Å². The fourth-order valence-corrected chi connectivity index (χ4v) is 1.30. The number of hydrogen-bond acceptors (Lipinski definition) is 3. The molecule has 1 rings (SSSR count). The zero-order chi connectivity index (χ0) is 12.7. The van der Waals surface area contributed by atoms with Gasteiger partial charge in [-0.05, 0) is 25.5 Å². The van der Waals surface area contributed by atoms with Crippen molar-refractivity contribution in [1.29, 1.82) is 0 Å². The molecule has 0 amide bonds. The van der Waals surface area contributed by atoms with Crippen LogP contribution in [0.15, 0.2) is 36.4 Å². The standard InChI is InChI=1S/C14H16O3/c1-11(15)10-14(16)17-12(2)8-9-13-6-4-3-5-7-13/h3-9,12H,10H2,1-2H3/b9-8+. The Kier molecular flexibility index (Phi) is 5.14. The maximum Gasteiger partial charge on any atom is 0.313 e. The molecule has 0 spiro atoms. The highest BCUT2D eigenvalue weighted by atomic mass is 16.5. The van der Waals surface area contributed by atoms with Crippen LogP contribution < -0.4 is 0 Å². The monoisotopic (exact) mass is 232 g/mol. The second-order valence-electron chi connectivity index (χ2n) is 3.84. The van der Waals surface area contributed by atoms with E-state index in [9.17, 15) is 9.59 Å². The van der Waals surface area contributed by atoms with E-state index >= 15 is 0 Å². The van der Waals surface area contributed by atoms with Gasteiger partial charge in [-0.1, -0.05) is 36.4 Å². The molecule has 0 saturated carbocycles. The molecule has 0 aromatic heterocycles. The predicted octanol–water partition coefficient (Wildman–Crippen LogP) is 2.61. The molecule has 3 nitrogen and oxygen atoms in total. The Balaban J connectivity index is 2.44. The molecule has 0 heterocycles. The van der Waals surface area contributed by atoms with E-state index in [-0.39, 0.29) is 18.3 Å². The maximum absolute atomic E-state index is 11.2. The summed E-state index contributed by atoms with van der Waals surface area (Å²) in [6.45, 7) is 3.13. The van der Waals surface area contributed by atoms with Gasteiger partial charge in [0.1, 0.15) is 18.3 Å².